The number of hydrogen-bond acceptors (Lipinski definition) is 19. The second-order valence-electron chi connectivity index (χ2n) is 27.8. The van der Waals surface area contributed by atoms with E-state index in [0.717, 1.165) is 51.4 Å². The third kappa shape index (κ3) is 18.7. The standard InChI is InChI=1S/C28H31Cl2FN4O4.C26H25Cl2FN4O3.C23H23Cl2FN4O2.3CH4/c1-5-37-22-13-21-18(26(33-14-32-21)34-20-9-8-19(29)24(30)25(20)31)12-23(22)38-17-10-15-6-7-16(11-17)35(15)27(36)39-28(2,3)4;1-3-23(34)33-14-5-6-15(33)10-16(9-14)36-22-11-17-20(12-21(22)35-4-2)30-13-31-26(17)32-19-8-7-18(27)24(28)25(19)29;1-2-31-19-10-18-15(9-20(19)32-14-7-12-3-4-13(8-14)29-12)23(28-11-27-18)30-17-6-5-16(24)21(25)22(17)26;;;/h8-9,12-17H,5-7,10-11H2,1-4H3,(H,32,33,34);3,7-8,11-16H,1,4-6,9-10H2,2H3,(H,30,31,32);5-6,9-14,29H,2-4,7-8H2,1H3,(H,27,28,30);3*1H4/t15-,16+,17?;14-,15+,16?;12-,13+,14?;;;. The number of rotatable bonds is 19. The van der Waals surface area contributed by atoms with Crippen molar-refractivity contribution in [2.75, 3.05) is 35.8 Å². The molecule has 6 bridgehead atoms. The van der Waals surface area contributed by atoms with Crippen molar-refractivity contribution in [1.82, 2.24) is 45.0 Å². The van der Waals surface area contributed by atoms with Gasteiger partial charge in [0.2, 0.25) is 5.91 Å². The summed E-state index contributed by atoms with van der Waals surface area (Å²) in [5.74, 6) is 2.66. The van der Waals surface area contributed by atoms with Gasteiger partial charge in [0.05, 0.1) is 83.6 Å². The number of nitrogens with zero attached hydrogens (tertiary/aromatic N) is 8. The van der Waals surface area contributed by atoms with Gasteiger partial charge in [-0.2, -0.15) is 0 Å². The highest BCUT2D eigenvalue weighted by Crippen LogP contribution is 2.46. The van der Waals surface area contributed by atoms with Crippen LogP contribution in [0.1, 0.15) is 141 Å². The van der Waals surface area contributed by atoms with Crippen molar-refractivity contribution in [3.05, 3.63) is 152 Å². The zero-order chi connectivity index (χ0) is 75.5. The lowest BCUT2D eigenvalue weighted by molar-refractivity contribution is -0.131. The van der Waals surface area contributed by atoms with Crippen molar-refractivity contribution in [3.8, 4) is 34.5 Å². The van der Waals surface area contributed by atoms with Gasteiger partial charge < -0.3 is 64.2 Å². The summed E-state index contributed by atoms with van der Waals surface area (Å²) < 4.78 is 86.7. The third-order valence-corrected chi connectivity index (χ3v) is 21.9. The highest BCUT2D eigenvalue weighted by Gasteiger charge is 2.47. The van der Waals surface area contributed by atoms with Crippen LogP contribution in [0.5, 0.6) is 34.5 Å². The molecule has 0 spiro atoms. The Kier molecular flexibility index (Phi) is 27.7. The van der Waals surface area contributed by atoms with E-state index in [1.807, 2.05) is 63.5 Å². The summed E-state index contributed by atoms with van der Waals surface area (Å²) >= 11 is 35.7. The van der Waals surface area contributed by atoms with Crippen LogP contribution in [-0.4, -0.2) is 132 Å². The maximum Gasteiger partial charge on any atom is 0.410 e. The topological polar surface area (TPSA) is 231 Å². The Balaban J connectivity index is 0.000000174. The van der Waals surface area contributed by atoms with Gasteiger partial charge in [-0.05, 0) is 154 Å². The van der Waals surface area contributed by atoms with E-state index in [-0.39, 0.29) is 124 Å². The molecule has 3 unspecified atom stereocenters. The summed E-state index contributed by atoms with van der Waals surface area (Å²) in [6.07, 6.45) is 16.1. The molecule has 3 aromatic heterocycles. The summed E-state index contributed by atoms with van der Waals surface area (Å²) in [4.78, 5) is 55.1. The molecule has 2 amide bonds. The molecule has 110 heavy (non-hydrogen) atoms. The van der Waals surface area contributed by atoms with Crippen LogP contribution in [0.25, 0.3) is 32.7 Å². The molecule has 21 nitrogen and oxygen atoms in total. The van der Waals surface area contributed by atoms with Gasteiger partial charge in [0.1, 0.15) is 60.3 Å². The van der Waals surface area contributed by atoms with Gasteiger partial charge in [-0.25, -0.2) is 47.9 Å². The molecule has 6 fully saturated rings. The van der Waals surface area contributed by atoms with E-state index >= 15 is 0 Å². The van der Waals surface area contributed by atoms with Crippen molar-refractivity contribution in [2.45, 2.75) is 201 Å². The lowest BCUT2D eigenvalue weighted by atomic mass is 9.99. The molecule has 6 aliphatic rings. The number of benzene rings is 6. The Hall–Kier alpha value is -8.49. The molecule has 6 aromatic carbocycles. The first-order valence-electron chi connectivity index (χ1n) is 35.6. The van der Waals surface area contributed by atoms with Gasteiger partial charge in [-0.3, -0.25) is 4.79 Å². The molecule has 6 saturated heterocycles. The molecule has 4 N–H and O–H groups in total. The number of nitrogens with one attached hydrogen (secondary N) is 4. The quantitative estimate of drug-likeness (QED) is 0.0435. The van der Waals surface area contributed by atoms with Gasteiger partial charge in [0.15, 0.2) is 51.9 Å². The zero-order valence-corrected chi connectivity index (χ0v) is 63.9. The minimum absolute atomic E-state index is 0. The molecule has 9 heterocycles. The number of fused-ring (bicyclic) bond motifs is 9. The molecule has 9 atom stereocenters. The molecule has 30 heteroatoms. The zero-order valence-electron chi connectivity index (χ0n) is 59.4. The highest BCUT2D eigenvalue weighted by molar-refractivity contribution is 6.43. The SMILES string of the molecule is C.C.C.C=CC(=O)N1[C@@H]2CC[C@H]1CC(Oc1cc3c(Nc4ccc(Cl)c(Cl)c4F)ncnc3cc1OCC)C2.CCOc1cc2ncnc(Nc3ccc(Cl)c(Cl)c3F)c2cc1OC1C[C@H]2CC[C@@H](C1)N2.CCOc1cc2ncnc(Nc3ccc(Cl)c(Cl)c3F)c2cc1OC1C[C@H]2CC[C@@H](C1)N2C(=O)OC(C)(C)C. The first-order chi connectivity index (χ1) is 51.4. The van der Waals surface area contributed by atoms with Crippen molar-refractivity contribution < 1.29 is 55.9 Å². The van der Waals surface area contributed by atoms with Crippen molar-refractivity contribution in [3.63, 3.8) is 0 Å². The lowest BCUT2D eigenvalue weighted by Crippen LogP contribution is -2.50. The van der Waals surface area contributed by atoms with E-state index in [0.29, 0.717) is 129 Å². The second kappa shape index (κ2) is 36.3. The molecule has 15 rings (SSSR count). The number of carbonyl (C=O) groups is 2. The Labute approximate surface area is 668 Å². The van der Waals surface area contributed by atoms with Crippen LogP contribution in [0.2, 0.25) is 30.1 Å². The van der Waals surface area contributed by atoms with E-state index in [1.165, 1.54) is 74.3 Å². The summed E-state index contributed by atoms with van der Waals surface area (Å²) in [6, 6.07) is 21.4. The van der Waals surface area contributed by atoms with Crippen molar-refractivity contribution in [2.24, 2.45) is 0 Å². The Morgan fingerprint density at radius 3 is 1.11 bits per heavy atom. The van der Waals surface area contributed by atoms with E-state index in [9.17, 15) is 22.8 Å². The summed E-state index contributed by atoms with van der Waals surface area (Å²) in [5.41, 5.74) is 1.76. The van der Waals surface area contributed by atoms with Gasteiger partial charge in [0.25, 0.3) is 0 Å². The van der Waals surface area contributed by atoms with E-state index < -0.39 is 23.1 Å². The Morgan fingerprint density at radius 2 is 0.800 bits per heavy atom. The van der Waals surface area contributed by atoms with Gasteiger partial charge in [-0.1, -0.05) is 98.5 Å². The van der Waals surface area contributed by atoms with Crippen LogP contribution in [0.15, 0.2) is 104 Å². The number of anilines is 6. The Bertz CT molecular complexity index is 4800. The second-order valence-corrected chi connectivity index (χ2v) is 30.2. The van der Waals surface area contributed by atoms with E-state index in [4.69, 9.17) is 103 Å². The minimum Gasteiger partial charge on any atom is -0.490 e. The smallest absolute Gasteiger partial charge is 0.410 e. The molecule has 0 saturated carbocycles. The molecule has 588 valence electrons. The molecule has 0 aliphatic carbocycles. The lowest BCUT2D eigenvalue weighted by Gasteiger charge is -2.39. The van der Waals surface area contributed by atoms with Crippen LogP contribution in [0.4, 0.5) is 52.5 Å². The monoisotopic (exact) mass is 1630 g/mol. The average molecular weight is 1630 g/mol. The molecule has 9 aromatic rings. The summed E-state index contributed by atoms with van der Waals surface area (Å²) in [6.45, 7) is 16.4. The van der Waals surface area contributed by atoms with E-state index in [2.05, 4.69) is 57.7 Å². The number of amides is 2. The van der Waals surface area contributed by atoms with E-state index in [1.54, 1.807) is 24.3 Å². The van der Waals surface area contributed by atoms with Crippen LogP contribution in [0, 0.1) is 17.5 Å². The van der Waals surface area contributed by atoms with Crippen LogP contribution in [0.3, 0.4) is 0 Å². The summed E-state index contributed by atoms with van der Waals surface area (Å²) in [5, 5.41) is 14.5. The summed E-state index contributed by atoms with van der Waals surface area (Å²) in [7, 11) is 0. The van der Waals surface area contributed by atoms with Gasteiger partial charge in [0, 0.05) is 96.3 Å². The average Bonchev–Trinajstić information content (AvgIpc) is 1.36. The Morgan fingerprint density at radius 1 is 0.482 bits per heavy atom. The fourth-order valence-electron chi connectivity index (χ4n) is 15.0. The van der Waals surface area contributed by atoms with Gasteiger partial charge in [-0.15, -0.1) is 0 Å². The van der Waals surface area contributed by atoms with Crippen LogP contribution in [-0.2, 0) is 9.53 Å². The maximum absolute atomic E-state index is 14.8. The van der Waals surface area contributed by atoms with Crippen molar-refractivity contribution in [1.29, 1.82) is 0 Å². The largest absolute Gasteiger partial charge is 0.490 e. The minimum atomic E-state index is -0.675. The highest BCUT2D eigenvalue weighted by atomic mass is 35.5. The van der Waals surface area contributed by atoms with Crippen molar-refractivity contribution >= 4 is 149 Å². The normalized spacial score (nSPS) is 20.6. The number of piperidine rings is 3. The number of halogens is 9. The maximum atomic E-state index is 14.8. The number of ether oxygens (including phenoxy) is 7. The molecular formula is C80H91Cl6F3N12O9. The third-order valence-electron chi connectivity index (χ3n) is 19.6. The fourth-order valence-corrected chi connectivity index (χ4v) is 15.9. The first kappa shape index (κ1) is 84.0. The predicted molar refractivity (Wildman–Crippen MR) is 431 cm³/mol. The number of carbonyl (C=O) groups excluding carboxylic acids is 2. The predicted octanol–water partition coefficient (Wildman–Crippen LogP) is 21.6. The van der Waals surface area contributed by atoms with Crippen LogP contribution < -0.4 is 49.7 Å². The number of hydrogen-bond donors (Lipinski definition) is 4. The number of aromatic nitrogens is 6. The molecule has 0 radical (unpaired) electrons. The molecular weight excluding hydrogens is 1540 g/mol. The van der Waals surface area contributed by atoms with Crippen LogP contribution >= 0.6 is 69.6 Å². The van der Waals surface area contributed by atoms with Gasteiger partial charge >= 0.3 is 6.09 Å². The molecule has 6 aliphatic heterocycles. The first-order valence-corrected chi connectivity index (χ1v) is 37.9. The fraction of sp³-hybridized carbons (Fsp3) is 0.425.